The molecule has 0 bridgehead atoms. The molecule has 5 heteroatoms. The van der Waals surface area contributed by atoms with Gasteiger partial charge in [-0.1, -0.05) is 26.2 Å². The smallest absolute Gasteiger partial charge is 0.511 e. The van der Waals surface area contributed by atoms with Gasteiger partial charge < -0.3 is 34.3 Å². The quantitative estimate of drug-likeness (QED) is 0.252. The molecule has 0 fully saturated rings. The van der Waals surface area contributed by atoms with Crippen LogP contribution in [0.5, 0.6) is 0 Å². The molecule has 0 radical (unpaired) electrons. The third-order valence-electron chi connectivity index (χ3n) is 1.59. The van der Waals surface area contributed by atoms with Crippen LogP contribution >= 0.6 is 12.2 Å². The van der Waals surface area contributed by atoms with Gasteiger partial charge in [0.05, 0.1) is 6.61 Å². The molecule has 0 rings (SSSR count). The fourth-order valence-corrected chi connectivity index (χ4v) is 1.08. The van der Waals surface area contributed by atoms with E-state index in [0.717, 1.165) is 13.0 Å². The van der Waals surface area contributed by atoms with E-state index in [4.69, 9.17) is 9.47 Å². The normalized spacial score (nSPS) is 9.21. The van der Waals surface area contributed by atoms with Gasteiger partial charge in [-0.2, -0.15) is 0 Å². The third-order valence-corrected chi connectivity index (χ3v) is 1.83. The van der Waals surface area contributed by atoms with Gasteiger partial charge >= 0.3 is 51.4 Å². The summed E-state index contributed by atoms with van der Waals surface area (Å²) >= 11 is 9.14. The van der Waals surface area contributed by atoms with Crippen LogP contribution in [0.25, 0.3) is 0 Å². The van der Waals surface area contributed by atoms with E-state index in [-0.39, 0.29) is 55.8 Å². The summed E-state index contributed by atoms with van der Waals surface area (Å²) in [7, 11) is 0. The van der Waals surface area contributed by atoms with E-state index in [1.807, 2.05) is 0 Å². The molecule has 0 N–H and O–H groups in total. The van der Waals surface area contributed by atoms with E-state index in [9.17, 15) is 0 Å². The Balaban J connectivity index is 0. The SMILES string of the molecule is CCCCCCOCCOC(=S)[S-].[K+]. The van der Waals surface area contributed by atoms with Crippen LogP contribution in [0, 0.1) is 0 Å². The fourth-order valence-electron chi connectivity index (χ4n) is 0.917. The van der Waals surface area contributed by atoms with Crippen molar-refractivity contribution in [3.8, 4) is 0 Å². The molecular formula is C9H17KO2S2. The Morgan fingerprint density at radius 3 is 2.43 bits per heavy atom. The van der Waals surface area contributed by atoms with Crippen LogP contribution in [0.4, 0.5) is 0 Å². The summed E-state index contributed by atoms with van der Waals surface area (Å²) in [6, 6.07) is 0. The van der Waals surface area contributed by atoms with Gasteiger partial charge in [-0.25, -0.2) is 0 Å². The predicted octanol–water partition coefficient (Wildman–Crippen LogP) is -0.564. The average molecular weight is 260 g/mol. The number of hydrogen-bond donors (Lipinski definition) is 0. The fraction of sp³-hybridized carbons (Fsp3) is 0.889. The Morgan fingerprint density at radius 1 is 1.14 bits per heavy atom. The maximum atomic E-state index is 5.30. The molecular weight excluding hydrogens is 243 g/mol. The van der Waals surface area contributed by atoms with E-state index < -0.39 is 0 Å². The first-order valence-corrected chi connectivity index (χ1v) is 5.50. The second kappa shape index (κ2) is 14.7. The molecule has 0 heterocycles. The van der Waals surface area contributed by atoms with Crippen LogP contribution in [0.2, 0.25) is 0 Å². The molecule has 0 aromatic heterocycles. The summed E-state index contributed by atoms with van der Waals surface area (Å²) in [5, 5.41) is 0. The van der Waals surface area contributed by atoms with Crippen LogP contribution in [0.1, 0.15) is 32.6 Å². The number of ether oxygens (including phenoxy) is 2. The molecule has 0 saturated carbocycles. The Morgan fingerprint density at radius 2 is 1.86 bits per heavy atom. The van der Waals surface area contributed by atoms with Gasteiger partial charge in [0, 0.05) is 11.0 Å². The molecule has 0 amide bonds. The predicted molar refractivity (Wildman–Crippen MR) is 60.9 cm³/mol. The van der Waals surface area contributed by atoms with Gasteiger partial charge in [0.15, 0.2) is 0 Å². The second-order valence-corrected chi connectivity index (χ2v) is 3.77. The van der Waals surface area contributed by atoms with Crippen LogP contribution in [-0.2, 0) is 22.1 Å². The van der Waals surface area contributed by atoms with Crippen LogP contribution in [-0.4, -0.2) is 24.2 Å². The zero-order chi connectivity index (χ0) is 9.94. The first kappa shape index (κ1) is 18.1. The molecule has 0 saturated heterocycles. The molecule has 2 nitrogen and oxygen atoms in total. The van der Waals surface area contributed by atoms with Gasteiger partial charge in [-0.15, -0.1) is 0 Å². The van der Waals surface area contributed by atoms with Crippen molar-refractivity contribution in [1.29, 1.82) is 0 Å². The van der Waals surface area contributed by atoms with Crippen molar-refractivity contribution in [2.45, 2.75) is 32.6 Å². The minimum atomic E-state index is 0. The van der Waals surface area contributed by atoms with Crippen molar-refractivity contribution in [2.24, 2.45) is 0 Å². The van der Waals surface area contributed by atoms with E-state index in [1.165, 1.54) is 19.3 Å². The number of thiocarbonyl (C=S) groups is 1. The maximum Gasteiger partial charge on any atom is 1.00 e. The van der Waals surface area contributed by atoms with Crippen molar-refractivity contribution < 1.29 is 60.9 Å². The summed E-state index contributed by atoms with van der Waals surface area (Å²) in [5.74, 6) is 0. The van der Waals surface area contributed by atoms with Crippen molar-refractivity contribution in [3.05, 3.63) is 0 Å². The van der Waals surface area contributed by atoms with Crippen LogP contribution in [0.3, 0.4) is 0 Å². The number of unbranched alkanes of at least 4 members (excludes halogenated alkanes) is 3. The molecule has 14 heavy (non-hydrogen) atoms. The third kappa shape index (κ3) is 16.1. The summed E-state index contributed by atoms with van der Waals surface area (Å²) in [4.78, 5) is 0. The second-order valence-electron chi connectivity index (χ2n) is 2.77. The van der Waals surface area contributed by atoms with Gasteiger partial charge in [0.25, 0.3) is 0 Å². The minimum Gasteiger partial charge on any atom is -0.511 e. The van der Waals surface area contributed by atoms with Crippen molar-refractivity contribution in [3.63, 3.8) is 0 Å². The van der Waals surface area contributed by atoms with Crippen molar-refractivity contribution >= 4 is 29.2 Å². The maximum absolute atomic E-state index is 5.30. The van der Waals surface area contributed by atoms with E-state index in [1.54, 1.807) is 0 Å². The standard InChI is InChI=1S/C9H18O2S2.K/c1-2-3-4-5-6-10-7-8-11-9(12)13;/h2-8H2,1H3,(H,12,13);/q;+1/p-1. The Hall–Kier alpha value is 1.71. The average Bonchev–Trinajstić information content (AvgIpc) is 2.09. The first-order valence-electron chi connectivity index (χ1n) is 4.69. The van der Waals surface area contributed by atoms with Gasteiger partial charge in [0.1, 0.15) is 6.61 Å². The van der Waals surface area contributed by atoms with Gasteiger partial charge in [0.2, 0.25) is 0 Å². The molecule has 0 aromatic rings. The molecule has 0 atom stereocenters. The number of hydrogen-bond acceptors (Lipinski definition) is 4. The molecule has 0 aliphatic heterocycles. The molecule has 0 aromatic carbocycles. The molecule has 0 unspecified atom stereocenters. The van der Waals surface area contributed by atoms with Gasteiger partial charge in [-0.05, 0) is 6.42 Å². The van der Waals surface area contributed by atoms with Crippen LogP contribution < -0.4 is 51.4 Å². The largest absolute Gasteiger partial charge is 1.00 e. The van der Waals surface area contributed by atoms with E-state index >= 15 is 0 Å². The van der Waals surface area contributed by atoms with Gasteiger partial charge in [-0.3, -0.25) is 0 Å². The Bertz CT molecular complexity index is 134. The zero-order valence-electron chi connectivity index (χ0n) is 9.08. The van der Waals surface area contributed by atoms with Crippen molar-refractivity contribution in [1.82, 2.24) is 0 Å². The summed E-state index contributed by atoms with van der Waals surface area (Å²) in [5.41, 5.74) is 0. The topological polar surface area (TPSA) is 18.5 Å². The molecule has 78 valence electrons. The minimum absolute atomic E-state index is 0. The monoisotopic (exact) mass is 260 g/mol. The Kier molecular flexibility index (Phi) is 19.0. The summed E-state index contributed by atoms with van der Waals surface area (Å²) < 4.78 is 10.4. The molecule has 0 aliphatic carbocycles. The van der Waals surface area contributed by atoms with E-state index in [0.29, 0.717) is 13.2 Å². The summed E-state index contributed by atoms with van der Waals surface area (Å²) in [6.45, 7) is 4.08. The van der Waals surface area contributed by atoms with E-state index in [2.05, 4.69) is 31.8 Å². The summed E-state index contributed by atoms with van der Waals surface area (Å²) in [6.07, 6.45) is 4.92. The molecule has 0 aliphatic rings. The first-order chi connectivity index (χ1) is 6.27. The molecule has 0 spiro atoms. The number of rotatable bonds is 8. The zero-order valence-corrected chi connectivity index (χ0v) is 13.8. The Labute approximate surface area is 140 Å². The van der Waals surface area contributed by atoms with Crippen molar-refractivity contribution in [2.75, 3.05) is 19.8 Å². The van der Waals surface area contributed by atoms with Crippen LogP contribution in [0.15, 0.2) is 0 Å².